The Morgan fingerprint density at radius 3 is 1.21 bits per heavy atom. The van der Waals surface area contributed by atoms with Crippen LogP contribution in [0.3, 0.4) is 0 Å². The minimum absolute atomic E-state index is 0. The van der Waals surface area contributed by atoms with Gasteiger partial charge in [-0.1, -0.05) is 0 Å². The third-order valence-electron chi connectivity index (χ3n) is 2.58. The van der Waals surface area contributed by atoms with Gasteiger partial charge in [-0.2, -0.15) is 0 Å². The van der Waals surface area contributed by atoms with Gasteiger partial charge in [0.15, 0.2) is 40.7 Å². The Morgan fingerprint density at radius 2 is 0.789 bits per heavy atom. The number of fused-ring (bicyclic) bond motifs is 1. The molecule has 0 bridgehead atoms. The Morgan fingerprint density at radius 1 is 0.474 bits per heavy atom. The summed E-state index contributed by atoms with van der Waals surface area (Å²) in [4.78, 5) is 0. The second kappa shape index (κ2) is 5.10. The molecule has 0 nitrogen and oxygen atoms in total. The fourth-order valence-corrected chi connectivity index (χ4v) is 1.67. The van der Waals surface area contributed by atoms with Crippen molar-refractivity contribution in [1.29, 1.82) is 0 Å². The molecule has 0 aromatic heterocycles. The summed E-state index contributed by atoms with van der Waals surface area (Å²) < 4.78 is 91.9. The van der Waals surface area contributed by atoms with E-state index >= 15 is 0 Å². The average Bonchev–Trinajstić information content (AvgIpc) is 2.35. The number of halogens is 7. The van der Waals surface area contributed by atoms with Crippen LogP contribution in [-0.2, 0) is 0 Å². The average molecular weight is 274 g/mol. The maximum atomic E-state index is 13.4. The number of benzene rings is 2. The predicted octanol–water partition coefficient (Wildman–Crippen LogP) is 1.42. The van der Waals surface area contributed by atoms with Gasteiger partial charge in [0, 0.05) is 5.39 Å². The molecule has 0 N–H and O–H groups in total. The topological polar surface area (TPSA) is 0 Å². The molecule has 96 valence electrons. The van der Waals surface area contributed by atoms with Crippen molar-refractivity contribution in [1.82, 2.24) is 0 Å². The molecule has 0 radical (unpaired) electrons. The van der Waals surface area contributed by atoms with Crippen molar-refractivity contribution in [2.45, 2.75) is 0 Å². The molecule has 0 heterocycles. The molecule has 0 aliphatic carbocycles. The Hall–Kier alpha value is -1.13. The van der Waals surface area contributed by atoms with Gasteiger partial charge in [-0.25, -0.2) is 30.7 Å². The third-order valence-corrected chi connectivity index (χ3v) is 2.58. The second-order valence-electron chi connectivity index (χ2n) is 3.57. The molecule has 0 fully saturated rings. The van der Waals surface area contributed by atoms with Crippen molar-refractivity contribution in [2.75, 3.05) is 0 Å². The first-order valence-corrected chi connectivity index (χ1v) is 4.57. The van der Waals surface area contributed by atoms with E-state index in [1.807, 2.05) is 0 Å². The first-order valence-electron chi connectivity index (χ1n) is 4.57. The predicted molar refractivity (Wildman–Crippen MR) is 59.0 cm³/mol. The molecule has 0 atom stereocenters. The van der Waals surface area contributed by atoms with Crippen molar-refractivity contribution in [3.8, 4) is 0 Å². The molecule has 9 heteroatoms. The van der Waals surface area contributed by atoms with Gasteiger partial charge in [-0.15, -0.1) is 0 Å². The first kappa shape index (κ1) is 15.9. The minimum atomic E-state index is -2.29. The summed E-state index contributed by atoms with van der Waals surface area (Å²) >= 11 is 0. The van der Waals surface area contributed by atoms with Gasteiger partial charge in [-0.3, -0.25) is 0 Å². The SMILES string of the molecule is Bc1c(F)c(F)c(F)c2c(F)c(F)c(F)c(F)c12.[LiH]. The molecular formula is C10H3BF7Li. The molecule has 0 saturated heterocycles. The zero-order chi connectivity index (χ0) is 13.8. The van der Waals surface area contributed by atoms with Crippen molar-refractivity contribution in [3.05, 3.63) is 40.7 Å². The van der Waals surface area contributed by atoms with E-state index < -0.39 is 57.0 Å². The normalized spacial score (nSPS) is 10.7. The van der Waals surface area contributed by atoms with Gasteiger partial charge < -0.3 is 0 Å². The van der Waals surface area contributed by atoms with Crippen LogP contribution >= 0.6 is 0 Å². The molecule has 19 heavy (non-hydrogen) atoms. The Bertz CT molecular complexity index is 573. The molecule has 0 saturated carbocycles. The van der Waals surface area contributed by atoms with Crippen LogP contribution in [-0.4, -0.2) is 26.7 Å². The zero-order valence-corrected chi connectivity index (χ0v) is 8.65. The summed E-state index contributed by atoms with van der Waals surface area (Å²) in [6.07, 6.45) is 0. The van der Waals surface area contributed by atoms with Gasteiger partial charge in [0.1, 0.15) is 7.85 Å². The molecule has 0 aliphatic heterocycles. The molecule has 2 aromatic rings. The van der Waals surface area contributed by atoms with Crippen molar-refractivity contribution in [2.24, 2.45) is 0 Å². The molecule has 2 rings (SSSR count). The summed E-state index contributed by atoms with van der Waals surface area (Å²) in [6.45, 7) is 0. The summed E-state index contributed by atoms with van der Waals surface area (Å²) in [5, 5.41) is -2.62. The fraction of sp³-hybridized carbons (Fsp3) is 0. The van der Waals surface area contributed by atoms with Crippen LogP contribution in [0.1, 0.15) is 0 Å². The van der Waals surface area contributed by atoms with Crippen molar-refractivity contribution >= 4 is 42.9 Å². The molecule has 0 amide bonds. The van der Waals surface area contributed by atoms with Gasteiger partial charge in [0.2, 0.25) is 0 Å². The molecule has 0 unspecified atom stereocenters. The van der Waals surface area contributed by atoms with Gasteiger partial charge in [0.05, 0.1) is 5.39 Å². The van der Waals surface area contributed by atoms with Crippen LogP contribution in [0.2, 0.25) is 0 Å². The molecule has 0 spiro atoms. The van der Waals surface area contributed by atoms with Gasteiger partial charge in [0.25, 0.3) is 0 Å². The van der Waals surface area contributed by atoms with Crippen molar-refractivity contribution in [3.63, 3.8) is 0 Å². The van der Waals surface area contributed by atoms with Crippen LogP contribution in [0.4, 0.5) is 30.7 Å². The van der Waals surface area contributed by atoms with E-state index in [-0.39, 0.29) is 18.9 Å². The van der Waals surface area contributed by atoms with Crippen LogP contribution in [0.25, 0.3) is 10.8 Å². The van der Waals surface area contributed by atoms with E-state index in [4.69, 9.17) is 0 Å². The third kappa shape index (κ3) is 2.03. The van der Waals surface area contributed by atoms with E-state index in [0.29, 0.717) is 0 Å². The van der Waals surface area contributed by atoms with E-state index in [1.54, 1.807) is 0 Å². The van der Waals surface area contributed by atoms with E-state index in [2.05, 4.69) is 0 Å². The monoisotopic (exact) mass is 274 g/mol. The van der Waals surface area contributed by atoms with Crippen LogP contribution in [0.5, 0.6) is 0 Å². The maximum absolute atomic E-state index is 13.4. The van der Waals surface area contributed by atoms with Gasteiger partial charge in [-0.05, 0) is 5.46 Å². The van der Waals surface area contributed by atoms with E-state index in [1.165, 1.54) is 0 Å². The summed E-state index contributed by atoms with van der Waals surface area (Å²) in [5.74, 6) is -14.6. The Labute approximate surface area is 115 Å². The van der Waals surface area contributed by atoms with Crippen LogP contribution in [0.15, 0.2) is 0 Å². The molecule has 2 aromatic carbocycles. The Balaban J connectivity index is 0.00000180. The summed E-state index contributed by atoms with van der Waals surface area (Å²) in [6, 6.07) is 0. The zero-order valence-electron chi connectivity index (χ0n) is 8.65. The van der Waals surface area contributed by atoms with Gasteiger partial charge >= 0.3 is 18.9 Å². The number of rotatable bonds is 0. The quantitative estimate of drug-likeness (QED) is 0.295. The number of hydrogen-bond acceptors (Lipinski definition) is 0. The Kier molecular flexibility index (Phi) is 4.27. The van der Waals surface area contributed by atoms with E-state index in [9.17, 15) is 30.7 Å². The number of hydrogen-bond donors (Lipinski definition) is 0. The molecular weight excluding hydrogens is 271 g/mol. The van der Waals surface area contributed by atoms with Crippen LogP contribution in [0, 0.1) is 40.7 Å². The van der Waals surface area contributed by atoms with E-state index in [0.717, 1.165) is 7.85 Å². The second-order valence-corrected chi connectivity index (χ2v) is 3.57. The molecule has 0 aliphatic rings. The fourth-order valence-electron chi connectivity index (χ4n) is 1.67. The summed E-state index contributed by atoms with van der Waals surface area (Å²) in [7, 11) is 0.792. The van der Waals surface area contributed by atoms with Crippen LogP contribution < -0.4 is 5.46 Å². The standard InChI is InChI=1S/C10H2BF7.Li.H/c11-3-1-2(5(13)8(16)7(3)15)6(14)10(18)9(17)4(1)12;;/h11H2;;. The summed E-state index contributed by atoms with van der Waals surface area (Å²) in [5.41, 5.74) is -0.848. The first-order chi connectivity index (χ1) is 8.29. The van der Waals surface area contributed by atoms with Crippen molar-refractivity contribution < 1.29 is 30.7 Å².